The van der Waals surface area contributed by atoms with E-state index in [1.165, 1.54) is 37.6 Å². The third-order valence-corrected chi connectivity index (χ3v) is 3.99. The van der Waals surface area contributed by atoms with Crippen LogP contribution in [0.2, 0.25) is 0 Å². The van der Waals surface area contributed by atoms with E-state index in [-0.39, 0.29) is 12.4 Å². The molecule has 16 heavy (non-hydrogen) atoms. The fourth-order valence-corrected chi connectivity index (χ4v) is 2.12. The van der Waals surface area contributed by atoms with E-state index < -0.39 is 10.2 Å². The topological polar surface area (TPSA) is 40.6 Å². The maximum absolute atomic E-state index is 12.9. The van der Waals surface area contributed by atoms with Crippen molar-refractivity contribution in [2.45, 2.75) is 6.54 Å². The highest BCUT2D eigenvalue weighted by Crippen LogP contribution is 2.10. The van der Waals surface area contributed by atoms with Gasteiger partial charge in [-0.05, 0) is 17.7 Å². The van der Waals surface area contributed by atoms with Crippen LogP contribution in [0, 0.1) is 5.82 Å². The number of hydrogen-bond donors (Lipinski definition) is 0. The number of benzene rings is 1. The van der Waals surface area contributed by atoms with Crippen molar-refractivity contribution in [2.75, 3.05) is 21.1 Å². The van der Waals surface area contributed by atoms with Crippen LogP contribution >= 0.6 is 0 Å². The van der Waals surface area contributed by atoms with Gasteiger partial charge in [-0.3, -0.25) is 0 Å². The Morgan fingerprint density at radius 1 is 1.25 bits per heavy atom. The fraction of sp³-hybridized carbons (Fsp3) is 0.400. The van der Waals surface area contributed by atoms with Crippen LogP contribution in [0.3, 0.4) is 0 Å². The van der Waals surface area contributed by atoms with Crippen molar-refractivity contribution in [1.29, 1.82) is 0 Å². The molecule has 0 radical (unpaired) electrons. The molecule has 0 bridgehead atoms. The van der Waals surface area contributed by atoms with Crippen LogP contribution in [0.15, 0.2) is 24.3 Å². The van der Waals surface area contributed by atoms with Gasteiger partial charge in [0.05, 0.1) is 0 Å². The molecule has 4 nitrogen and oxygen atoms in total. The molecule has 1 aromatic rings. The summed E-state index contributed by atoms with van der Waals surface area (Å²) in [6.07, 6.45) is 0. The zero-order valence-corrected chi connectivity index (χ0v) is 10.3. The first kappa shape index (κ1) is 13.1. The highest BCUT2D eigenvalue weighted by atomic mass is 32.2. The largest absolute Gasteiger partial charge is 0.281 e. The van der Waals surface area contributed by atoms with Gasteiger partial charge in [-0.2, -0.15) is 17.0 Å². The van der Waals surface area contributed by atoms with Gasteiger partial charge >= 0.3 is 0 Å². The molecule has 6 heteroatoms. The van der Waals surface area contributed by atoms with Gasteiger partial charge in [0.25, 0.3) is 10.2 Å². The summed E-state index contributed by atoms with van der Waals surface area (Å²) in [5.74, 6) is -0.367. The van der Waals surface area contributed by atoms with Crippen molar-refractivity contribution in [3.63, 3.8) is 0 Å². The summed E-state index contributed by atoms with van der Waals surface area (Å²) in [5.41, 5.74) is 0.618. The molecule has 0 aliphatic carbocycles. The van der Waals surface area contributed by atoms with Crippen molar-refractivity contribution in [3.8, 4) is 0 Å². The van der Waals surface area contributed by atoms with Crippen LogP contribution in [0.25, 0.3) is 0 Å². The van der Waals surface area contributed by atoms with Crippen LogP contribution in [-0.2, 0) is 16.8 Å². The first-order chi connectivity index (χ1) is 7.34. The summed E-state index contributed by atoms with van der Waals surface area (Å²) >= 11 is 0. The first-order valence-electron chi connectivity index (χ1n) is 4.72. The standard InChI is InChI=1S/C10H15FN2O2S/c1-12(2)16(14,15)13(3)8-9-5-4-6-10(11)7-9/h4-7H,8H2,1-3H3. The van der Waals surface area contributed by atoms with Gasteiger partial charge in [0.15, 0.2) is 0 Å². The lowest BCUT2D eigenvalue weighted by atomic mass is 10.2. The smallest absolute Gasteiger partial charge is 0.207 e. The lowest BCUT2D eigenvalue weighted by Crippen LogP contribution is -2.36. The van der Waals surface area contributed by atoms with E-state index in [4.69, 9.17) is 0 Å². The molecule has 0 heterocycles. The van der Waals surface area contributed by atoms with Gasteiger partial charge < -0.3 is 0 Å². The Kier molecular flexibility index (Phi) is 4.01. The maximum atomic E-state index is 12.9. The Morgan fingerprint density at radius 3 is 2.38 bits per heavy atom. The second kappa shape index (κ2) is 4.90. The zero-order valence-electron chi connectivity index (χ0n) is 9.51. The van der Waals surface area contributed by atoms with E-state index in [2.05, 4.69) is 0 Å². The van der Waals surface area contributed by atoms with Crippen molar-refractivity contribution in [2.24, 2.45) is 0 Å². The summed E-state index contributed by atoms with van der Waals surface area (Å²) < 4.78 is 38.5. The van der Waals surface area contributed by atoms with Gasteiger partial charge in [-0.15, -0.1) is 0 Å². The minimum Gasteiger partial charge on any atom is -0.207 e. The van der Waals surface area contributed by atoms with Gasteiger partial charge in [0.1, 0.15) is 5.82 Å². The van der Waals surface area contributed by atoms with Crippen molar-refractivity contribution < 1.29 is 12.8 Å². The van der Waals surface area contributed by atoms with Crippen molar-refractivity contribution in [1.82, 2.24) is 8.61 Å². The van der Waals surface area contributed by atoms with Crippen molar-refractivity contribution in [3.05, 3.63) is 35.6 Å². The summed E-state index contributed by atoms with van der Waals surface area (Å²) in [6, 6.07) is 5.89. The van der Waals surface area contributed by atoms with Gasteiger partial charge in [0.2, 0.25) is 0 Å². The summed E-state index contributed by atoms with van der Waals surface area (Å²) in [5, 5.41) is 0. The van der Waals surface area contributed by atoms with E-state index in [0.717, 1.165) is 4.31 Å². The van der Waals surface area contributed by atoms with Crippen LogP contribution in [0.1, 0.15) is 5.56 Å². The van der Waals surface area contributed by atoms with Gasteiger partial charge in [-0.25, -0.2) is 4.39 Å². The van der Waals surface area contributed by atoms with E-state index in [0.29, 0.717) is 5.56 Å². The third-order valence-electron chi connectivity index (χ3n) is 2.15. The number of halogens is 1. The predicted molar refractivity (Wildman–Crippen MR) is 60.5 cm³/mol. The van der Waals surface area contributed by atoms with Crippen LogP contribution < -0.4 is 0 Å². The molecule has 90 valence electrons. The highest BCUT2D eigenvalue weighted by Gasteiger charge is 2.20. The van der Waals surface area contributed by atoms with Crippen LogP contribution in [-0.4, -0.2) is 38.2 Å². The molecular formula is C10H15FN2O2S. The average molecular weight is 246 g/mol. The Labute approximate surface area is 95.5 Å². The Morgan fingerprint density at radius 2 is 1.88 bits per heavy atom. The van der Waals surface area contributed by atoms with E-state index in [1.807, 2.05) is 0 Å². The quantitative estimate of drug-likeness (QED) is 0.797. The van der Waals surface area contributed by atoms with Gasteiger partial charge in [0, 0.05) is 27.7 Å². The second-order valence-corrected chi connectivity index (χ2v) is 5.93. The minimum atomic E-state index is -3.44. The number of nitrogens with zero attached hydrogens (tertiary/aromatic N) is 2. The van der Waals surface area contributed by atoms with Crippen molar-refractivity contribution >= 4 is 10.2 Å². The van der Waals surface area contributed by atoms with Gasteiger partial charge in [-0.1, -0.05) is 12.1 Å². The maximum Gasteiger partial charge on any atom is 0.281 e. The third kappa shape index (κ3) is 3.01. The Balaban J connectivity index is 2.83. The molecule has 1 rings (SSSR count). The molecule has 0 spiro atoms. The summed E-state index contributed by atoms with van der Waals surface area (Å²) in [7, 11) is 0.926. The molecule has 0 aliphatic heterocycles. The molecule has 0 unspecified atom stereocenters. The fourth-order valence-electron chi connectivity index (χ4n) is 1.25. The SMILES string of the molecule is CN(C)S(=O)(=O)N(C)Cc1cccc(F)c1. The Hall–Kier alpha value is -0.980. The van der Waals surface area contributed by atoms with E-state index >= 15 is 0 Å². The molecule has 0 atom stereocenters. The van der Waals surface area contributed by atoms with E-state index in [1.54, 1.807) is 12.1 Å². The molecule has 1 aromatic carbocycles. The molecule has 0 aromatic heterocycles. The summed E-state index contributed by atoms with van der Waals surface area (Å²) in [4.78, 5) is 0. The average Bonchev–Trinajstić information content (AvgIpc) is 2.17. The minimum absolute atomic E-state index is 0.151. The normalized spacial score (nSPS) is 12.4. The predicted octanol–water partition coefficient (Wildman–Crippen LogP) is 1.06. The molecule has 0 amide bonds. The first-order valence-corrected chi connectivity index (χ1v) is 6.12. The molecule has 0 aliphatic rings. The van der Waals surface area contributed by atoms with E-state index in [9.17, 15) is 12.8 Å². The van der Waals surface area contributed by atoms with Crippen LogP contribution in [0.4, 0.5) is 4.39 Å². The lowest BCUT2D eigenvalue weighted by Gasteiger charge is -2.21. The molecule has 0 saturated carbocycles. The second-order valence-electron chi connectivity index (χ2n) is 3.68. The zero-order chi connectivity index (χ0) is 12.3. The molecule has 0 fully saturated rings. The molecule has 0 saturated heterocycles. The Bertz CT molecular complexity index is 460. The number of rotatable bonds is 4. The molecular weight excluding hydrogens is 231 g/mol. The highest BCUT2D eigenvalue weighted by molar-refractivity contribution is 7.86. The number of hydrogen-bond acceptors (Lipinski definition) is 2. The van der Waals surface area contributed by atoms with Crippen LogP contribution in [0.5, 0.6) is 0 Å². The summed E-state index contributed by atoms with van der Waals surface area (Å²) in [6.45, 7) is 0.151. The lowest BCUT2D eigenvalue weighted by molar-refractivity contribution is 0.413. The molecule has 0 N–H and O–H groups in total. The monoisotopic (exact) mass is 246 g/mol.